The Morgan fingerprint density at radius 1 is 1.02 bits per heavy atom. The number of rotatable bonds is 14. The number of carbonyl (C=O) groups is 3. The van der Waals surface area contributed by atoms with E-state index in [1.165, 1.54) is 13.3 Å². The fourth-order valence-corrected chi connectivity index (χ4v) is 4.93. The summed E-state index contributed by atoms with van der Waals surface area (Å²) in [7, 11) is 1.43. The lowest BCUT2D eigenvalue weighted by Crippen LogP contribution is -2.45. The number of ether oxygens (including phenoxy) is 5. The Kier molecular flexibility index (Phi) is 12.2. The number of nitrogens with zero attached hydrogens (tertiary/aromatic N) is 2. The summed E-state index contributed by atoms with van der Waals surface area (Å²) in [6.45, 7) is 5.48. The fraction of sp³-hybridized carbons (Fsp3) is 0.265. The van der Waals surface area contributed by atoms with Crippen molar-refractivity contribution in [3.63, 3.8) is 0 Å². The molecule has 0 aromatic heterocycles. The van der Waals surface area contributed by atoms with Gasteiger partial charge in [0.15, 0.2) is 29.6 Å². The molecular formula is C34H34ClN5O8. The number of allylic oxidation sites excluding steroid dienone is 1. The van der Waals surface area contributed by atoms with Gasteiger partial charge >= 0.3 is 12.0 Å². The van der Waals surface area contributed by atoms with Crippen LogP contribution in [0.5, 0.6) is 23.0 Å². The predicted molar refractivity (Wildman–Crippen MR) is 176 cm³/mol. The average Bonchev–Trinajstić information content (AvgIpc) is 3.07. The van der Waals surface area contributed by atoms with Crippen molar-refractivity contribution in [2.75, 3.05) is 26.9 Å². The summed E-state index contributed by atoms with van der Waals surface area (Å²) in [4.78, 5) is 37.3. The second-order valence-electron chi connectivity index (χ2n) is 10.1. The minimum Gasteiger partial charge on any atom is -0.493 e. The van der Waals surface area contributed by atoms with Crippen LogP contribution >= 0.6 is 11.6 Å². The lowest BCUT2D eigenvalue weighted by molar-refractivity contribution is -0.139. The van der Waals surface area contributed by atoms with E-state index in [4.69, 9.17) is 40.5 Å². The second kappa shape index (κ2) is 16.7. The second-order valence-corrected chi connectivity index (χ2v) is 10.6. The maximum absolute atomic E-state index is 12.6. The van der Waals surface area contributed by atoms with Gasteiger partial charge < -0.3 is 34.3 Å². The Morgan fingerprint density at radius 3 is 2.48 bits per heavy atom. The van der Waals surface area contributed by atoms with Crippen molar-refractivity contribution >= 4 is 35.7 Å². The Labute approximate surface area is 282 Å². The molecule has 0 aliphatic carbocycles. The van der Waals surface area contributed by atoms with E-state index in [2.05, 4.69) is 27.2 Å². The summed E-state index contributed by atoms with van der Waals surface area (Å²) in [5, 5.41) is 18.6. The molecule has 3 aromatic rings. The molecule has 0 fully saturated rings. The summed E-state index contributed by atoms with van der Waals surface area (Å²) in [6, 6.07) is 15.9. The molecule has 13 nitrogen and oxygen atoms in total. The van der Waals surface area contributed by atoms with Crippen LogP contribution in [0.1, 0.15) is 49.1 Å². The van der Waals surface area contributed by atoms with Crippen LogP contribution in [0.2, 0.25) is 5.02 Å². The summed E-state index contributed by atoms with van der Waals surface area (Å²) in [5.74, 6) is 0.160. The van der Waals surface area contributed by atoms with Gasteiger partial charge in [0, 0.05) is 5.70 Å². The SMILES string of the molecule is CCOC(=O)C1=C(C)NC(=O)N[C@@H]1c1ccc(OCC(=O)N/N=C/c2cc(Cl)c(OCc3ccc(C#N)cc3)c(OCC)c2)c(OC)c1. The summed E-state index contributed by atoms with van der Waals surface area (Å²) < 4.78 is 27.9. The molecule has 0 radical (unpaired) electrons. The van der Waals surface area contributed by atoms with Crippen LogP contribution in [0.25, 0.3) is 0 Å². The maximum Gasteiger partial charge on any atom is 0.338 e. The Hall–Kier alpha value is -5.74. The van der Waals surface area contributed by atoms with Gasteiger partial charge in [-0.1, -0.05) is 29.8 Å². The summed E-state index contributed by atoms with van der Waals surface area (Å²) in [6.07, 6.45) is 1.40. The largest absolute Gasteiger partial charge is 0.493 e. The highest BCUT2D eigenvalue weighted by atomic mass is 35.5. The molecule has 250 valence electrons. The first-order valence-electron chi connectivity index (χ1n) is 14.8. The minimum absolute atomic E-state index is 0.170. The standard InChI is InChI=1S/C34H34ClN5O8/c1-5-45-28-14-23(13-25(35)32(28)48-18-22-9-7-21(16-36)8-10-22)17-37-40-29(41)19-47-26-12-11-24(15-27(26)44-4)31-30(33(42)46-6-2)20(3)38-34(43)39-31/h7-15,17,31H,5-6,18-19H2,1-4H3,(H,40,41)(H2,38,39,43)/b37-17+/t31-/m1/s1. The molecule has 0 unspecified atom stereocenters. The first-order valence-corrected chi connectivity index (χ1v) is 15.2. The zero-order valence-electron chi connectivity index (χ0n) is 26.7. The monoisotopic (exact) mass is 675 g/mol. The fourth-order valence-electron chi connectivity index (χ4n) is 4.66. The van der Waals surface area contributed by atoms with Gasteiger partial charge in [-0.05, 0) is 73.9 Å². The third-order valence-electron chi connectivity index (χ3n) is 6.85. The van der Waals surface area contributed by atoms with E-state index in [0.29, 0.717) is 40.5 Å². The number of nitrogens with one attached hydrogen (secondary N) is 3. The van der Waals surface area contributed by atoms with Gasteiger partial charge in [-0.3, -0.25) is 4.79 Å². The van der Waals surface area contributed by atoms with Crippen molar-refractivity contribution in [1.82, 2.24) is 16.1 Å². The zero-order valence-corrected chi connectivity index (χ0v) is 27.5. The lowest BCUT2D eigenvalue weighted by Gasteiger charge is -2.28. The molecule has 0 spiro atoms. The molecule has 3 amide bonds. The van der Waals surface area contributed by atoms with E-state index in [9.17, 15) is 14.4 Å². The molecule has 4 rings (SSSR count). The topological polar surface area (TPSA) is 170 Å². The highest BCUT2D eigenvalue weighted by Gasteiger charge is 2.32. The quantitative estimate of drug-likeness (QED) is 0.122. The van der Waals surface area contributed by atoms with Gasteiger partial charge in [0.2, 0.25) is 0 Å². The van der Waals surface area contributed by atoms with Crippen molar-refractivity contribution in [2.45, 2.75) is 33.4 Å². The van der Waals surface area contributed by atoms with Crippen LogP contribution in [0.3, 0.4) is 0 Å². The number of benzene rings is 3. The highest BCUT2D eigenvalue weighted by Crippen LogP contribution is 2.37. The van der Waals surface area contributed by atoms with E-state index in [1.807, 2.05) is 6.92 Å². The smallest absolute Gasteiger partial charge is 0.338 e. The van der Waals surface area contributed by atoms with E-state index >= 15 is 0 Å². The maximum atomic E-state index is 12.6. The van der Waals surface area contributed by atoms with Gasteiger partial charge in [0.05, 0.1) is 54.8 Å². The van der Waals surface area contributed by atoms with E-state index < -0.39 is 30.6 Å². The van der Waals surface area contributed by atoms with Crippen molar-refractivity contribution in [1.29, 1.82) is 5.26 Å². The molecule has 48 heavy (non-hydrogen) atoms. The van der Waals surface area contributed by atoms with Gasteiger partial charge in [-0.2, -0.15) is 10.4 Å². The van der Waals surface area contributed by atoms with E-state index in [0.717, 1.165) is 5.56 Å². The van der Waals surface area contributed by atoms with Gasteiger partial charge in [-0.15, -0.1) is 0 Å². The number of hydrogen-bond acceptors (Lipinski definition) is 10. The summed E-state index contributed by atoms with van der Waals surface area (Å²) >= 11 is 6.51. The Bertz CT molecular complexity index is 1770. The van der Waals surface area contributed by atoms with Crippen LogP contribution in [0, 0.1) is 11.3 Å². The number of halogens is 1. The molecule has 1 aliphatic heterocycles. The van der Waals surface area contributed by atoms with Crippen LogP contribution < -0.4 is 35.0 Å². The number of hydrazone groups is 1. The predicted octanol–water partition coefficient (Wildman–Crippen LogP) is 4.92. The number of urea groups is 1. The first-order chi connectivity index (χ1) is 23.2. The molecule has 0 saturated carbocycles. The van der Waals surface area contributed by atoms with Gasteiger partial charge in [0.25, 0.3) is 5.91 Å². The normalized spacial score (nSPS) is 14.0. The van der Waals surface area contributed by atoms with Crippen molar-refractivity contribution in [2.24, 2.45) is 5.10 Å². The van der Waals surface area contributed by atoms with Crippen LogP contribution in [-0.2, 0) is 20.9 Å². The lowest BCUT2D eigenvalue weighted by atomic mass is 9.95. The van der Waals surface area contributed by atoms with E-state index in [-0.39, 0.29) is 35.3 Å². The molecule has 3 aromatic carbocycles. The molecule has 0 bridgehead atoms. The summed E-state index contributed by atoms with van der Waals surface area (Å²) in [5.41, 5.74) is 5.51. The van der Waals surface area contributed by atoms with Gasteiger partial charge in [-0.25, -0.2) is 15.0 Å². The van der Waals surface area contributed by atoms with Gasteiger partial charge in [0.1, 0.15) is 6.61 Å². The number of methoxy groups -OCH3 is 1. The number of esters is 1. The highest BCUT2D eigenvalue weighted by molar-refractivity contribution is 6.32. The molecule has 0 saturated heterocycles. The Balaban J connectivity index is 1.38. The number of hydrogen-bond donors (Lipinski definition) is 3. The number of nitriles is 1. The Morgan fingerprint density at radius 2 is 1.79 bits per heavy atom. The zero-order chi connectivity index (χ0) is 34.6. The van der Waals surface area contributed by atoms with Crippen LogP contribution in [0.15, 0.2) is 71.0 Å². The van der Waals surface area contributed by atoms with Crippen LogP contribution in [-0.4, -0.2) is 51.1 Å². The first kappa shape index (κ1) is 35.1. The average molecular weight is 676 g/mol. The minimum atomic E-state index is -0.793. The number of amides is 3. The molecular weight excluding hydrogens is 642 g/mol. The van der Waals surface area contributed by atoms with Crippen molar-refractivity contribution in [3.8, 4) is 29.1 Å². The van der Waals surface area contributed by atoms with Crippen LogP contribution in [0.4, 0.5) is 4.79 Å². The number of carbonyl (C=O) groups excluding carboxylic acids is 3. The molecule has 1 atom stereocenters. The molecule has 3 N–H and O–H groups in total. The molecule has 1 aliphatic rings. The molecule has 1 heterocycles. The van der Waals surface area contributed by atoms with Crippen molar-refractivity contribution < 1.29 is 38.1 Å². The van der Waals surface area contributed by atoms with Crippen molar-refractivity contribution in [3.05, 3.63) is 93.1 Å². The third kappa shape index (κ3) is 8.95. The van der Waals surface area contributed by atoms with E-state index in [1.54, 1.807) is 68.4 Å². The third-order valence-corrected chi connectivity index (χ3v) is 7.13. The molecule has 14 heteroatoms.